The first-order valence-corrected chi connectivity index (χ1v) is 44.7. The Morgan fingerprint density at radius 3 is 0.826 bits per heavy atom. The first-order valence-electron chi connectivity index (χ1n) is 44.7. The van der Waals surface area contributed by atoms with Gasteiger partial charge in [0.05, 0.1) is 82.8 Å². The van der Waals surface area contributed by atoms with Gasteiger partial charge in [0.2, 0.25) is 0 Å². The smallest absolute Gasteiger partial charge is 0.113 e. The molecule has 0 saturated carbocycles. The van der Waals surface area contributed by atoms with E-state index in [1.807, 2.05) is 43.0 Å². The third-order valence-corrected chi connectivity index (χ3v) is 26.6. The van der Waals surface area contributed by atoms with E-state index < -0.39 is 0 Å². The topological polar surface area (TPSA) is 94.0 Å². The van der Waals surface area contributed by atoms with E-state index in [2.05, 4.69) is 451 Å². The summed E-state index contributed by atoms with van der Waals surface area (Å²) < 4.78 is 14.2. The molecule has 28 aromatic rings. The Bertz CT molecular complexity index is 9090. The van der Waals surface area contributed by atoms with Crippen molar-refractivity contribution in [3.05, 3.63) is 468 Å². The van der Waals surface area contributed by atoms with Gasteiger partial charge >= 0.3 is 0 Å². The van der Waals surface area contributed by atoms with Crippen LogP contribution in [0.1, 0.15) is 0 Å². The second-order valence-electron chi connectivity index (χ2n) is 33.9. The van der Waals surface area contributed by atoms with Crippen molar-refractivity contribution in [3.63, 3.8) is 0 Å². The number of para-hydroxylation sites is 9. The van der Waals surface area contributed by atoms with Crippen LogP contribution in [-0.4, -0.2) is 52.3 Å². The maximum atomic E-state index is 4.91. The molecule has 0 bridgehead atoms. The molecule has 0 spiro atoms. The van der Waals surface area contributed by atoms with Gasteiger partial charge in [0.15, 0.2) is 0 Å². The van der Waals surface area contributed by atoms with E-state index in [9.17, 15) is 0 Å². The number of benzene rings is 17. The van der Waals surface area contributed by atoms with Gasteiger partial charge in [0, 0.05) is 147 Å². The molecule has 28 rings (SSSR count). The Balaban J connectivity index is 0.000000104. The van der Waals surface area contributed by atoms with E-state index in [1.54, 1.807) is 6.20 Å². The SMILES string of the molecule is c1ccc(-c2ccc(-n3c4ccc(-c5ccc6c(c5)c5ccccc5n6-c5ccccc5)cc4c4cnc5ccccc5c43)cc2)cc1.c1ccc(-n2c3ccccc3c3cc(-c4ccc5c(c4)c4cnc6cccnc6c4n5-c4ccccc4)ccc32)cc1.c1ccc(-n2c3ccccc3c3cc(-c4ccc5c(c4)c4cnc6ccncc6c4n5-c4ccccc4)ccc32)cc1. The van der Waals surface area contributed by atoms with Crippen LogP contribution in [0.5, 0.6) is 0 Å². The molecule has 0 amide bonds. The van der Waals surface area contributed by atoms with Gasteiger partial charge in [-0.15, -0.1) is 0 Å². The van der Waals surface area contributed by atoms with Crippen LogP contribution in [0.15, 0.2) is 468 Å². The van der Waals surface area contributed by atoms with Crippen molar-refractivity contribution in [2.45, 2.75) is 0 Å². The lowest BCUT2D eigenvalue weighted by Crippen LogP contribution is -1.95. The second-order valence-corrected chi connectivity index (χ2v) is 33.9. The Hall–Kier alpha value is -17.9. The van der Waals surface area contributed by atoms with Gasteiger partial charge in [0.25, 0.3) is 0 Å². The first-order chi connectivity index (χ1) is 65.5. The maximum Gasteiger partial charge on any atom is 0.113 e. The van der Waals surface area contributed by atoms with Crippen LogP contribution in [0, 0.1) is 0 Å². The molecule has 0 atom stereocenters. The van der Waals surface area contributed by atoms with Crippen LogP contribution in [0.3, 0.4) is 0 Å². The monoisotopic (exact) mass is 1680 g/mol. The van der Waals surface area contributed by atoms with Crippen molar-refractivity contribution in [2.24, 2.45) is 0 Å². The van der Waals surface area contributed by atoms with Crippen molar-refractivity contribution < 1.29 is 0 Å². The predicted molar refractivity (Wildman–Crippen MR) is 549 cm³/mol. The number of aromatic nitrogens is 11. The molecule has 11 heteroatoms. The van der Waals surface area contributed by atoms with Gasteiger partial charge in [-0.05, 0) is 233 Å². The fraction of sp³-hybridized carbons (Fsp3) is 0. The summed E-state index contributed by atoms with van der Waals surface area (Å²) in [5.74, 6) is 0. The van der Waals surface area contributed by atoms with Crippen LogP contribution in [0.25, 0.3) is 242 Å². The van der Waals surface area contributed by atoms with E-state index in [0.717, 1.165) is 88.1 Å². The fourth-order valence-electron chi connectivity index (χ4n) is 20.6. The van der Waals surface area contributed by atoms with E-state index in [4.69, 9.17) is 19.9 Å². The summed E-state index contributed by atoms with van der Waals surface area (Å²) in [5.41, 5.74) is 34.3. The highest BCUT2D eigenvalue weighted by Gasteiger charge is 2.25. The van der Waals surface area contributed by atoms with Gasteiger partial charge in [-0.3, -0.25) is 24.9 Å². The molecule has 17 aromatic carbocycles. The van der Waals surface area contributed by atoms with Crippen LogP contribution >= 0.6 is 0 Å². The zero-order valence-corrected chi connectivity index (χ0v) is 71.4. The molecular weight excluding hydrogens is 1610 g/mol. The summed E-state index contributed by atoms with van der Waals surface area (Å²) >= 11 is 0. The minimum absolute atomic E-state index is 0.894. The van der Waals surface area contributed by atoms with E-state index in [1.165, 1.54) is 154 Å². The van der Waals surface area contributed by atoms with Gasteiger partial charge in [-0.2, -0.15) is 0 Å². The summed E-state index contributed by atoms with van der Waals surface area (Å²) in [7, 11) is 0. The standard InChI is InChI=1S/C45H29N3.2C38H24N4/c1-3-11-30(12-4-1)31-19-23-35(24-20-31)48-44-26-22-33(28-39(44)40-29-46-41-17-9-7-16-37(41)45(40)48)32-21-25-43-38(27-32)36-15-8-10-18-42(36)47(43)34-13-5-2-6-14-34;1-3-10-27(11-4-1)41-34-16-8-7-14-29(34)30-22-25(17-19-35(30)41)26-18-20-36-31(23-26)32-24-40-33-15-9-21-39-37(33)38(32)42(36)28-12-5-2-6-13-28;1-3-9-27(10-4-1)41-35-14-8-7-13-29(35)30-21-25(15-17-36(30)41)26-16-18-37-31(22-26)32-24-40-34-19-20-39-23-33(34)38(32)42(37)28-11-5-2-6-12-28/h1-29H;2*1-24H. The number of nitrogens with zero attached hydrogens (tertiary/aromatic N) is 11. The first kappa shape index (κ1) is 75.4. The Labute approximate surface area is 757 Å². The highest BCUT2D eigenvalue weighted by atomic mass is 15.0. The second kappa shape index (κ2) is 31.0. The summed E-state index contributed by atoms with van der Waals surface area (Å²) in [6.07, 6.45) is 11.7. The fourth-order valence-corrected chi connectivity index (χ4v) is 20.6. The molecule has 0 aliphatic carbocycles. The third-order valence-electron chi connectivity index (χ3n) is 26.6. The minimum atomic E-state index is 0.894. The largest absolute Gasteiger partial charge is 0.309 e. The molecule has 11 aromatic heterocycles. The average Bonchev–Trinajstić information content (AvgIpc) is 1.59. The normalized spacial score (nSPS) is 11.8. The highest BCUT2D eigenvalue weighted by molar-refractivity contribution is 6.22. The summed E-state index contributed by atoms with van der Waals surface area (Å²) in [5, 5.41) is 16.6. The molecule has 616 valence electrons. The quantitative estimate of drug-likeness (QED) is 0.136. The number of hydrogen-bond donors (Lipinski definition) is 0. The number of fused-ring (bicyclic) bond motifs is 24. The molecule has 0 radical (unpaired) electrons. The average molecular weight is 1690 g/mol. The van der Waals surface area contributed by atoms with Crippen LogP contribution < -0.4 is 0 Å². The van der Waals surface area contributed by atoms with E-state index in [-0.39, 0.29) is 0 Å². The number of hydrogen-bond acceptors (Lipinski definition) is 5. The molecule has 0 aliphatic heterocycles. The van der Waals surface area contributed by atoms with Crippen LogP contribution in [0.4, 0.5) is 0 Å². The summed E-state index contributed by atoms with van der Waals surface area (Å²) in [6, 6.07) is 154. The molecule has 132 heavy (non-hydrogen) atoms. The molecule has 0 aliphatic rings. The number of rotatable bonds is 10. The van der Waals surface area contributed by atoms with Gasteiger partial charge in [-0.1, -0.05) is 243 Å². The van der Waals surface area contributed by atoms with Crippen molar-refractivity contribution in [1.29, 1.82) is 0 Å². The third kappa shape index (κ3) is 12.3. The molecule has 0 fully saturated rings. The Kier molecular flexibility index (Phi) is 17.7. The molecule has 0 unspecified atom stereocenters. The van der Waals surface area contributed by atoms with Gasteiger partial charge in [-0.25, -0.2) is 0 Å². The van der Waals surface area contributed by atoms with E-state index in [0.29, 0.717) is 0 Å². The van der Waals surface area contributed by atoms with Crippen molar-refractivity contribution in [3.8, 4) is 78.6 Å². The summed E-state index contributed by atoms with van der Waals surface area (Å²) in [4.78, 5) is 23.8. The maximum absolute atomic E-state index is 4.91. The Morgan fingerprint density at radius 2 is 0.417 bits per heavy atom. The molecule has 0 N–H and O–H groups in total. The lowest BCUT2D eigenvalue weighted by atomic mass is 10.0. The zero-order valence-electron chi connectivity index (χ0n) is 71.4. The van der Waals surface area contributed by atoms with Gasteiger partial charge in [0.1, 0.15) is 5.52 Å². The van der Waals surface area contributed by atoms with Crippen molar-refractivity contribution >= 4 is 164 Å². The van der Waals surface area contributed by atoms with Crippen LogP contribution in [0.2, 0.25) is 0 Å². The number of pyridine rings is 5. The molecular formula is C121H77N11. The minimum Gasteiger partial charge on any atom is -0.309 e. The van der Waals surface area contributed by atoms with Crippen molar-refractivity contribution in [1.82, 2.24) is 52.3 Å². The zero-order chi connectivity index (χ0) is 86.9. The van der Waals surface area contributed by atoms with E-state index >= 15 is 0 Å². The lowest BCUT2D eigenvalue weighted by molar-refractivity contribution is 1.18. The molecule has 0 saturated heterocycles. The molecule has 11 nitrogen and oxygen atoms in total. The van der Waals surface area contributed by atoms with Gasteiger partial charge < -0.3 is 27.4 Å². The predicted octanol–water partition coefficient (Wildman–Crippen LogP) is 30.7. The lowest BCUT2D eigenvalue weighted by Gasteiger charge is -2.11. The Morgan fingerprint density at radius 1 is 0.144 bits per heavy atom. The molecule has 11 heterocycles. The summed E-state index contributed by atoms with van der Waals surface area (Å²) in [6.45, 7) is 0. The van der Waals surface area contributed by atoms with Crippen molar-refractivity contribution in [2.75, 3.05) is 0 Å². The van der Waals surface area contributed by atoms with Crippen LogP contribution in [-0.2, 0) is 0 Å². The highest BCUT2D eigenvalue weighted by Crippen LogP contribution is 2.46.